The van der Waals surface area contributed by atoms with E-state index in [1.165, 1.54) is 7.11 Å². The van der Waals surface area contributed by atoms with Gasteiger partial charge in [0.1, 0.15) is 5.75 Å². The summed E-state index contributed by atoms with van der Waals surface area (Å²) in [6, 6.07) is 15.3. The minimum absolute atomic E-state index is 0.360. The van der Waals surface area contributed by atoms with Gasteiger partial charge in [-0.1, -0.05) is 23.7 Å². The monoisotopic (exact) mass is 478 g/mol. The molecule has 3 aromatic rings. The maximum absolute atomic E-state index is 12.6. The van der Waals surface area contributed by atoms with E-state index in [2.05, 4.69) is 11.0 Å². The van der Waals surface area contributed by atoms with Crippen LogP contribution in [0.15, 0.2) is 48.5 Å². The summed E-state index contributed by atoms with van der Waals surface area (Å²) in [6.07, 6.45) is 1.59. The zero-order chi connectivity index (χ0) is 23.5. The highest BCUT2D eigenvalue weighted by Gasteiger charge is 2.27. The van der Waals surface area contributed by atoms with Crippen molar-refractivity contribution < 1.29 is 19.0 Å². The van der Waals surface area contributed by atoms with Crippen LogP contribution in [-0.2, 0) is 15.9 Å². The Morgan fingerprint density at radius 2 is 1.91 bits per heavy atom. The second-order valence-electron chi connectivity index (χ2n) is 8.53. The van der Waals surface area contributed by atoms with Crippen LogP contribution in [0.5, 0.6) is 5.75 Å². The Morgan fingerprint density at radius 1 is 1.12 bits per heavy atom. The molecule has 1 aliphatic carbocycles. The molecule has 0 bridgehead atoms. The number of fused-ring (bicyclic) bond motifs is 3. The molecule has 176 valence electrons. The normalized spacial score (nSPS) is 15.0. The molecule has 0 radical (unpaired) electrons. The van der Waals surface area contributed by atoms with Crippen LogP contribution in [-0.4, -0.2) is 62.4 Å². The second-order valence-corrected chi connectivity index (χ2v) is 8.97. The van der Waals surface area contributed by atoms with Gasteiger partial charge in [-0.05, 0) is 53.9 Å². The summed E-state index contributed by atoms with van der Waals surface area (Å²) in [6.45, 7) is 5.28. The Hall–Kier alpha value is -2.93. The zero-order valence-corrected chi connectivity index (χ0v) is 19.9. The smallest absolute Gasteiger partial charge is 0.338 e. The van der Waals surface area contributed by atoms with Crippen molar-refractivity contribution in [2.75, 3.05) is 46.6 Å². The first-order valence-corrected chi connectivity index (χ1v) is 11.9. The number of halogens is 1. The number of pyridine rings is 1. The van der Waals surface area contributed by atoms with Crippen molar-refractivity contribution in [1.82, 2.24) is 9.88 Å². The fourth-order valence-corrected chi connectivity index (χ4v) is 4.69. The quantitative estimate of drug-likeness (QED) is 0.279. The van der Waals surface area contributed by atoms with Gasteiger partial charge in [0.15, 0.2) is 0 Å². The number of rotatable bonds is 7. The molecule has 1 saturated heterocycles. The van der Waals surface area contributed by atoms with Gasteiger partial charge in [-0.25, -0.2) is 9.78 Å². The second kappa shape index (κ2) is 10.1. The van der Waals surface area contributed by atoms with Crippen LogP contribution < -0.4 is 4.74 Å². The molecule has 1 aromatic heterocycles. The molecule has 0 amide bonds. The minimum Gasteiger partial charge on any atom is -0.494 e. The van der Waals surface area contributed by atoms with E-state index in [0.29, 0.717) is 29.3 Å². The molecule has 0 atom stereocenters. The van der Waals surface area contributed by atoms with Crippen molar-refractivity contribution in [3.05, 3.63) is 70.2 Å². The minimum atomic E-state index is -0.360. The molecular formula is C27H27ClN2O4. The summed E-state index contributed by atoms with van der Waals surface area (Å²) in [4.78, 5) is 20.0. The molecule has 2 aromatic carbocycles. The third kappa shape index (κ3) is 4.80. The Morgan fingerprint density at radius 3 is 2.68 bits per heavy atom. The standard InChI is InChI=1S/C27H27ClN2O4/c1-32-27(31)24-17-25(18-3-5-20(28)6-4-18)29-26-22-8-7-21(15-19(22)16-23(24)26)34-12-2-9-30-10-13-33-14-11-30/h3-8,15,17H,2,9-14,16H2,1H3. The Labute approximate surface area is 204 Å². The Kier molecular flexibility index (Phi) is 6.81. The number of benzene rings is 2. The van der Waals surface area contributed by atoms with E-state index in [0.717, 1.165) is 73.0 Å². The summed E-state index contributed by atoms with van der Waals surface area (Å²) in [5.41, 5.74) is 5.99. The maximum Gasteiger partial charge on any atom is 0.338 e. The van der Waals surface area contributed by atoms with Gasteiger partial charge < -0.3 is 14.2 Å². The molecule has 6 nitrogen and oxygen atoms in total. The van der Waals surface area contributed by atoms with E-state index in [9.17, 15) is 4.79 Å². The topological polar surface area (TPSA) is 60.9 Å². The van der Waals surface area contributed by atoms with Gasteiger partial charge in [0.25, 0.3) is 0 Å². The van der Waals surface area contributed by atoms with Crippen LogP contribution in [0.25, 0.3) is 22.5 Å². The molecule has 1 aliphatic heterocycles. The summed E-state index contributed by atoms with van der Waals surface area (Å²) >= 11 is 6.05. The van der Waals surface area contributed by atoms with Gasteiger partial charge in [-0.2, -0.15) is 0 Å². The van der Waals surface area contributed by atoms with Gasteiger partial charge in [-0.15, -0.1) is 0 Å². The summed E-state index contributed by atoms with van der Waals surface area (Å²) in [7, 11) is 1.40. The molecule has 0 saturated carbocycles. The van der Waals surface area contributed by atoms with Gasteiger partial charge in [-0.3, -0.25) is 4.90 Å². The van der Waals surface area contributed by atoms with E-state index in [1.807, 2.05) is 42.5 Å². The highest BCUT2D eigenvalue weighted by Crippen LogP contribution is 2.40. The van der Waals surface area contributed by atoms with Crippen molar-refractivity contribution in [2.45, 2.75) is 12.8 Å². The van der Waals surface area contributed by atoms with Gasteiger partial charge in [0.05, 0.1) is 43.9 Å². The summed E-state index contributed by atoms with van der Waals surface area (Å²) in [5.74, 6) is 0.479. The predicted octanol–water partition coefficient (Wildman–Crippen LogP) is 4.86. The number of esters is 1. The lowest BCUT2D eigenvalue weighted by atomic mass is 10.0. The molecular weight excluding hydrogens is 452 g/mol. The van der Waals surface area contributed by atoms with Crippen LogP contribution in [0.4, 0.5) is 0 Å². The Balaban J connectivity index is 1.36. The number of hydrogen-bond acceptors (Lipinski definition) is 6. The van der Waals surface area contributed by atoms with Crippen LogP contribution in [0, 0.1) is 0 Å². The highest BCUT2D eigenvalue weighted by molar-refractivity contribution is 6.30. The van der Waals surface area contributed by atoms with Crippen molar-refractivity contribution in [3.63, 3.8) is 0 Å². The first-order chi connectivity index (χ1) is 16.6. The van der Waals surface area contributed by atoms with Gasteiger partial charge in [0.2, 0.25) is 0 Å². The maximum atomic E-state index is 12.6. The molecule has 2 heterocycles. The summed E-state index contributed by atoms with van der Waals surface area (Å²) < 4.78 is 16.5. The fraction of sp³-hybridized carbons (Fsp3) is 0.333. The van der Waals surface area contributed by atoms with Crippen LogP contribution in [0.2, 0.25) is 5.02 Å². The SMILES string of the molecule is COC(=O)c1cc(-c2ccc(Cl)cc2)nc2c1Cc1cc(OCCCN3CCOCC3)ccc1-2. The van der Waals surface area contributed by atoms with E-state index in [1.54, 1.807) is 0 Å². The van der Waals surface area contributed by atoms with E-state index in [4.69, 9.17) is 30.8 Å². The molecule has 2 aliphatic rings. The lowest BCUT2D eigenvalue weighted by Crippen LogP contribution is -2.37. The van der Waals surface area contributed by atoms with Crippen molar-refractivity contribution in [1.29, 1.82) is 0 Å². The van der Waals surface area contributed by atoms with Gasteiger partial charge in [0, 0.05) is 42.2 Å². The van der Waals surface area contributed by atoms with E-state index < -0.39 is 0 Å². The number of aromatic nitrogens is 1. The molecule has 1 fully saturated rings. The number of carbonyl (C=O) groups excluding carboxylic acids is 1. The molecule has 0 unspecified atom stereocenters. The Bertz CT molecular complexity index is 1190. The number of hydrogen-bond donors (Lipinski definition) is 0. The lowest BCUT2D eigenvalue weighted by Gasteiger charge is -2.26. The average Bonchev–Trinajstić information content (AvgIpc) is 3.24. The zero-order valence-electron chi connectivity index (χ0n) is 19.2. The molecule has 0 N–H and O–H groups in total. The fourth-order valence-electron chi connectivity index (χ4n) is 4.56. The predicted molar refractivity (Wildman–Crippen MR) is 132 cm³/mol. The number of ether oxygens (including phenoxy) is 3. The van der Waals surface area contributed by atoms with Crippen LogP contribution in [0.1, 0.15) is 27.9 Å². The van der Waals surface area contributed by atoms with E-state index in [-0.39, 0.29) is 5.97 Å². The first-order valence-electron chi connectivity index (χ1n) is 11.6. The number of nitrogens with zero attached hydrogens (tertiary/aromatic N) is 2. The van der Waals surface area contributed by atoms with Crippen LogP contribution in [0.3, 0.4) is 0 Å². The number of carbonyl (C=O) groups is 1. The van der Waals surface area contributed by atoms with Crippen molar-refractivity contribution in [2.24, 2.45) is 0 Å². The average molecular weight is 479 g/mol. The van der Waals surface area contributed by atoms with Crippen LogP contribution >= 0.6 is 11.6 Å². The van der Waals surface area contributed by atoms with E-state index >= 15 is 0 Å². The third-order valence-corrected chi connectivity index (χ3v) is 6.61. The molecule has 0 spiro atoms. The first kappa shape index (κ1) is 22.8. The van der Waals surface area contributed by atoms with Crippen molar-refractivity contribution in [3.8, 4) is 28.3 Å². The summed E-state index contributed by atoms with van der Waals surface area (Å²) in [5, 5.41) is 0.654. The molecule has 7 heteroatoms. The third-order valence-electron chi connectivity index (χ3n) is 6.36. The largest absolute Gasteiger partial charge is 0.494 e. The number of methoxy groups -OCH3 is 1. The molecule has 5 rings (SSSR count). The molecule has 34 heavy (non-hydrogen) atoms. The van der Waals surface area contributed by atoms with Gasteiger partial charge >= 0.3 is 5.97 Å². The highest BCUT2D eigenvalue weighted by atomic mass is 35.5. The van der Waals surface area contributed by atoms with Crippen molar-refractivity contribution >= 4 is 17.6 Å². The number of morpholine rings is 1. The lowest BCUT2D eigenvalue weighted by molar-refractivity contribution is 0.0358.